The van der Waals surface area contributed by atoms with E-state index in [0.29, 0.717) is 23.7 Å². The van der Waals surface area contributed by atoms with E-state index in [9.17, 15) is 14.4 Å². The summed E-state index contributed by atoms with van der Waals surface area (Å²) in [7, 11) is 0. The van der Waals surface area contributed by atoms with Gasteiger partial charge in [-0.25, -0.2) is 14.6 Å². The number of aromatic nitrogens is 1. The molecule has 4 rings (SSSR count). The van der Waals surface area contributed by atoms with E-state index in [-0.39, 0.29) is 23.6 Å². The number of nitrogens with one attached hydrogen (secondary N) is 2. The van der Waals surface area contributed by atoms with Gasteiger partial charge in [0.1, 0.15) is 12.3 Å². The molecule has 0 atom stereocenters. The molecule has 2 aromatic carbocycles. The van der Waals surface area contributed by atoms with Crippen LogP contribution in [0.15, 0.2) is 66.7 Å². The van der Waals surface area contributed by atoms with Crippen LogP contribution in [0.4, 0.5) is 22.0 Å². The third-order valence-electron chi connectivity index (χ3n) is 4.54. The lowest BCUT2D eigenvalue weighted by Gasteiger charge is -2.28. The standard InChI is InChI=1S/C22H18N4O5/c27-20(23-16-8-4-5-14(13-16)21(28)29)17-9-10-18-19(25-17)26(11-12-31-18)22(30)24-15-6-2-1-3-7-15/h1-10,13H,11-12H2,(H,23,27)(H,24,30)(H,28,29). The first-order chi connectivity index (χ1) is 15.0. The number of para-hydroxylation sites is 1. The van der Waals surface area contributed by atoms with Crippen molar-refractivity contribution in [3.8, 4) is 5.75 Å². The first-order valence-corrected chi connectivity index (χ1v) is 9.43. The molecule has 1 aliphatic heterocycles. The van der Waals surface area contributed by atoms with Gasteiger partial charge in [0, 0.05) is 11.4 Å². The van der Waals surface area contributed by atoms with E-state index in [1.807, 2.05) is 18.2 Å². The fraction of sp³-hybridized carbons (Fsp3) is 0.0909. The van der Waals surface area contributed by atoms with Gasteiger partial charge in [-0.3, -0.25) is 9.69 Å². The Kier molecular flexibility index (Phi) is 5.48. The molecule has 9 nitrogen and oxygen atoms in total. The molecule has 0 radical (unpaired) electrons. The Morgan fingerprint density at radius 2 is 1.71 bits per heavy atom. The van der Waals surface area contributed by atoms with E-state index in [1.165, 1.54) is 29.2 Å². The van der Waals surface area contributed by atoms with Gasteiger partial charge in [0.05, 0.1) is 12.1 Å². The van der Waals surface area contributed by atoms with E-state index in [2.05, 4.69) is 15.6 Å². The number of carboxylic acids is 1. The lowest BCUT2D eigenvalue weighted by molar-refractivity contribution is 0.0696. The Labute approximate surface area is 177 Å². The first-order valence-electron chi connectivity index (χ1n) is 9.43. The number of aromatic carboxylic acids is 1. The average molecular weight is 418 g/mol. The minimum atomic E-state index is -1.10. The number of hydrogen-bond donors (Lipinski definition) is 3. The van der Waals surface area contributed by atoms with Crippen LogP contribution >= 0.6 is 0 Å². The van der Waals surface area contributed by atoms with Crippen molar-refractivity contribution in [2.45, 2.75) is 0 Å². The summed E-state index contributed by atoms with van der Waals surface area (Å²) in [5, 5.41) is 14.5. The summed E-state index contributed by atoms with van der Waals surface area (Å²) in [6.07, 6.45) is 0. The molecule has 3 N–H and O–H groups in total. The highest BCUT2D eigenvalue weighted by molar-refractivity contribution is 6.05. The molecule has 1 aromatic heterocycles. The minimum absolute atomic E-state index is 0.0494. The van der Waals surface area contributed by atoms with Crippen molar-refractivity contribution in [3.05, 3.63) is 78.0 Å². The zero-order chi connectivity index (χ0) is 21.8. The molecule has 1 aliphatic rings. The van der Waals surface area contributed by atoms with Crippen molar-refractivity contribution in [1.82, 2.24) is 4.98 Å². The van der Waals surface area contributed by atoms with E-state index in [0.717, 1.165) is 0 Å². The van der Waals surface area contributed by atoms with Crippen LogP contribution in [0.25, 0.3) is 0 Å². The minimum Gasteiger partial charge on any atom is -0.488 e. The number of carbonyl (C=O) groups is 3. The van der Waals surface area contributed by atoms with Crippen molar-refractivity contribution in [3.63, 3.8) is 0 Å². The molecule has 0 aliphatic carbocycles. The summed E-state index contributed by atoms with van der Waals surface area (Å²) in [5.41, 5.74) is 1.06. The molecule has 156 valence electrons. The summed E-state index contributed by atoms with van der Waals surface area (Å²) in [6.45, 7) is 0.564. The third-order valence-corrected chi connectivity index (χ3v) is 4.54. The second-order valence-electron chi connectivity index (χ2n) is 6.65. The number of carbonyl (C=O) groups excluding carboxylic acids is 2. The van der Waals surface area contributed by atoms with Crippen LogP contribution < -0.4 is 20.3 Å². The zero-order valence-corrected chi connectivity index (χ0v) is 16.2. The average Bonchev–Trinajstić information content (AvgIpc) is 2.79. The van der Waals surface area contributed by atoms with Gasteiger partial charge in [-0.05, 0) is 42.5 Å². The lowest BCUT2D eigenvalue weighted by Crippen LogP contribution is -2.41. The van der Waals surface area contributed by atoms with Gasteiger partial charge in [0.25, 0.3) is 5.91 Å². The lowest BCUT2D eigenvalue weighted by atomic mass is 10.2. The third kappa shape index (κ3) is 4.45. The van der Waals surface area contributed by atoms with Crippen LogP contribution in [0.3, 0.4) is 0 Å². The molecule has 0 saturated heterocycles. The maximum absolute atomic E-state index is 12.8. The number of pyridine rings is 1. The van der Waals surface area contributed by atoms with Crippen molar-refractivity contribution < 1.29 is 24.2 Å². The van der Waals surface area contributed by atoms with Crippen LogP contribution in [-0.2, 0) is 0 Å². The number of fused-ring (bicyclic) bond motifs is 1. The predicted octanol–water partition coefficient (Wildman–Crippen LogP) is 3.46. The number of benzene rings is 2. The topological polar surface area (TPSA) is 121 Å². The maximum Gasteiger partial charge on any atom is 0.335 e. The van der Waals surface area contributed by atoms with Gasteiger partial charge < -0.3 is 20.5 Å². The Hall–Kier alpha value is -4.40. The second-order valence-corrected chi connectivity index (χ2v) is 6.65. The van der Waals surface area contributed by atoms with Gasteiger partial charge in [-0.15, -0.1) is 0 Å². The van der Waals surface area contributed by atoms with E-state index in [4.69, 9.17) is 9.84 Å². The van der Waals surface area contributed by atoms with E-state index < -0.39 is 17.9 Å². The summed E-state index contributed by atoms with van der Waals surface area (Å²) in [6, 6.07) is 17.5. The number of anilines is 3. The molecular weight excluding hydrogens is 400 g/mol. The zero-order valence-electron chi connectivity index (χ0n) is 16.2. The fourth-order valence-electron chi connectivity index (χ4n) is 3.06. The highest BCUT2D eigenvalue weighted by Gasteiger charge is 2.27. The smallest absolute Gasteiger partial charge is 0.335 e. The van der Waals surface area contributed by atoms with Crippen LogP contribution in [0.1, 0.15) is 20.8 Å². The molecule has 0 unspecified atom stereocenters. The molecule has 31 heavy (non-hydrogen) atoms. The normalized spacial score (nSPS) is 12.3. The highest BCUT2D eigenvalue weighted by Crippen LogP contribution is 2.30. The van der Waals surface area contributed by atoms with Gasteiger partial charge in [-0.2, -0.15) is 0 Å². The van der Waals surface area contributed by atoms with Crippen LogP contribution in [0.5, 0.6) is 5.75 Å². The fourth-order valence-corrected chi connectivity index (χ4v) is 3.06. The molecule has 0 saturated carbocycles. The molecule has 3 amide bonds. The Morgan fingerprint density at radius 1 is 0.935 bits per heavy atom. The molecule has 2 heterocycles. The van der Waals surface area contributed by atoms with Crippen molar-refractivity contribution in [2.24, 2.45) is 0 Å². The Morgan fingerprint density at radius 3 is 2.48 bits per heavy atom. The SMILES string of the molecule is O=C(O)c1cccc(NC(=O)c2ccc3c(n2)N(C(=O)Nc2ccccc2)CCO3)c1. The van der Waals surface area contributed by atoms with Gasteiger partial charge in [-0.1, -0.05) is 24.3 Å². The second kappa shape index (κ2) is 8.54. The summed E-state index contributed by atoms with van der Waals surface area (Å²) < 4.78 is 5.57. The molecule has 0 fully saturated rings. The quantitative estimate of drug-likeness (QED) is 0.597. The summed E-state index contributed by atoms with van der Waals surface area (Å²) in [5.74, 6) is -1.02. The van der Waals surface area contributed by atoms with Crippen molar-refractivity contribution >= 4 is 35.1 Å². The van der Waals surface area contributed by atoms with Gasteiger partial charge in [0.2, 0.25) is 0 Å². The largest absolute Gasteiger partial charge is 0.488 e. The number of carboxylic acid groups (broad SMARTS) is 1. The van der Waals surface area contributed by atoms with E-state index in [1.54, 1.807) is 24.3 Å². The Bertz CT molecular complexity index is 1150. The molecule has 9 heteroatoms. The molecule has 0 bridgehead atoms. The summed E-state index contributed by atoms with van der Waals surface area (Å²) in [4.78, 5) is 42.3. The number of hydrogen-bond acceptors (Lipinski definition) is 5. The van der Waals surface area contributed by atoms with Crippen molar-refractivity contribution in [2.75, 3.05) is 28.7 Å². The number of ether oxygens (including phenoxy) is 1. The van der Waals surface area contributed by atoms with Crippen LogP contribution in [0.2, 0.25) is 0 Å². The number of nitrogens with zero attached hydrogens (tertiary/aromatic N) is 2. The van der Waals surface area contributed by atoms with E-state index >= 15 is 0 Å². The maximum atomic E-state index is 12.8. The predicted molar refractivity (Wildman–Crippen MR) is 114 cm³/mol. The summed E-state index contributed by atoms with van der Waals surface area (Å²) >= 11 is 0. The number of urea groups is 1. The monoisotopic (exact) mass is 418 g/mol. The molecule has 0 spiro atoms. The van der Waals surface area contributed by atoms with Crippen LogP contribution in [-0.4, -0.2) is 41.1 Å². The first kappa shape index (κ1) is 19.9. The highest BCUT2D eigenvalue weighted by atomic mass is 16.5. The van der Waals surface area contributed by atoms with Gasteiger partial charge >= 0.3 is 12.0 Å². The van der Waals surface area contributed by atoms with Gasteiger partial charge in [0.15, 0.2) is 11.6 Å². The Balaban J connectivity index is 1.55. The molecular formula is C22H18N4O5. The number of amides is 3. The number of rotatable bonds is 4. The molecule has 3 aromatic rings. The van der Waals surface area contributed by atoms with Crippen molar-refractivity contribution in [1.29, 1.82) is 0 Å². The van der Waals surface area contributed by atoms with Crippen LogP contribution in [0, 0.1) is 0 Å².